The number of methoxy groups -OCH3 is 1. The summed E-state index contributed by atoms with van der Waals surface area (Å²) in [5.41, 5.74) is 2.65. The van der Waals surface area contributed by atoms with Crippen LogP contribution in [0.2, 0.25) is 0 Å². The topological polar surface area (TPSA) is 21.3 Å². The van der Waals surface area contributed by atoms with Gasteiger partial charge in [0.2, 0.25) is 0 Å². The Bertz CT molecular complexity index is 404. The van der Waals surface area contributed by atoms with E-state index in [1.54, 1.807) is 7.11 Å². The SMILES string of the molecule is COCc1cccc(CNC2CC3CCC2C3)c1. The molecule has 0 saturated heterocycles. The van der Waals surface area contributed by atoms with E-state index in [1.165, 1.54) is 36.8 Å². The summed E-state index contributed by atoms with van der Waals surface area (Å²) in [7, 11) is 1.75. The fourth-order valence-electron chi connectivity index (χ4n) is 3.74. The Kier molecular flexibility index (Phi) is 3.67. The summed E-state index contributed by atoms with van der Waals surface area (Å²) in [6.07, 6.45) is 5.81. The van der Waals surface area contributed by atoms with Crippen molar-refractivity contribution in [1.82, 2.24) is 5.32 Å². The first-order chi connectivity index (χ1) is 8.85. The lowest BCUT2D eigenvalue weighted by Crippen LogP contribution is -2.33. The summed E-state index contributed by atoms with van der Waals surface area (Å²) in [4.78, 5) is 0. The van der Waals surface area contributed by atoms with Crippen LogP contribution in [0.1, 0.15) is 36.8 Å². The fraction of sp³-hybridized carbons (Fsp3) is 0.625. The van der Waals surface area contributed by atoms with Gasteiger partial charge < -0.3 is 10.1 Å². The van der Waals surface area contributed by atoms with Crippen molar-refractivity contribution in [2.24, 2.45) is 11.8 Å². The van der Waals surface area contributed by atoms with Gasteiger partial charge in [0, 0.05) is 19.7 Å². The van der Waals surface area contributed by atoms with Crippen molar-refractivity contribution in [2.45, 2.75) is 44.9 Å². The number of fused-ring (bicyclic) bond motifs is 2. The Morgan fingerprint density at radius 2 is 2.11 bits per heavy atom. The molecule has 2 aliphatic carbocycles. The number of ether oxygens (including phenoxy) is 1. The van der Waals surface area contributed by atoms with Gasteiger partial charge in [0.1, 0.15) is 0 Å². The lowest BCUT2D eigenvalue weighted by atomic mass is 9.95. The molecule has 0 aliphatic heterocycles. The van der Waals surface area contributed by atoms with Crippen molar-refractivity contribution < 1.29 is 4.74 Å². The van der Waals surface area contributed by atoms with Crippen molar-refractivity contribution in [3.63, 3.8) is 0 Å². The van der Waals surface area contributed by atoms with E-state index in [2.05, 4.69) is 29.6 Å². The van der Waals surface area contributed by atoms with E-state index < -0.39 is 0 Å². The Morgan fingerprint density at radius 1 is 1.22 bits per heavy atom. The zero-order valence-electron chi connectivity index (χ0n) is 11.2. The summed E-state index contributed by atoms with van der Waals surface area (Å²) >= 11 is 0. The van der Waals surface area contributed by atoms with Crippen molar-refractivity contribution in [3.05, 3.63) is 35.4 Å². The summed E-state index contributed by atoms with van der Waals surface area (Å²) in [6.45, 7) is 1.72. The molecule has 2 nitrogen and oxygen atoms in total. The number of nitrogens with one attached hydrogen (secondary N) is 1. The number of hydrogen-bond acceptors (Lipinski definition) is 2. The van der Waals surface area contributed by atoms with E-state index in [1.807, 2.05) is 0 Å². The molecule has 2 aliphatic rings. The Balaban J connectivity index is 1.55. The third-order valence-electron chi connectivity index (χ3n) is 4.61. The van der Waals surface area contributed by atoms with E-state index in [0.29, 0.717) is 6.61 Å². The number of benzene rings is 1. The van der Waals surface area contributed by atoms with Crippen LogP contribution in [0.3, 0.4) is 0 Å². The third kappa shape index (κ3) is 2.60. The number of hydrogen-bond donors (Lipinski definition) is 1. The van der Waals surface area contributed by atoms with Crippen molar-refractivity contribution in [2.75, 3.05) is 7.11 Å². The standard InChI is InChI=1S/C16H23NO/c1-18-11-14-4-2-3-13(7-14)10-17-16-9-12-5-6-15(16)8-12/h2-4,7,12,15-17H,5-6,8-11H2,1H3. The lowest BCUT2D eigenvalue weighted by Gasteiger charge is -2.23. The van der Waals surface area contributed by atoms with Gasteiger partial charge >= 0.3 is 0 Å². The Hall–Kier alpha value is -0.860. The second kappa shape index (κ2) is 5.41. The first-order valence-electron chi connectivity index (χ1n) is 7.15. The third-order valence-corrected chi connectivity index (χ3v) is 4.61. The summed E-state index contributed by atoms with van der Waals surface area (Å²) in [6, 6.07) is 9.49. The molecule has 2 saturated carbocycles. The number of rotatable bonds is 5. The minimum Gasteiger partial charge on any atom is -0.380 e. The van der Waals surface area contributed by atoms with E-state index in [0.717, 1.165) is 24.4 Å². The zero-order chi connectivity index (χ0) is 12.4. The maximum Gasteiger partial charge on any atom is 0.0713 e. The first kappa shape index (κ1) is 12.2. The average molecular weight is 245 g/mol. The van der Waals surface area contributed by atoms with Crippen LogP contribution >= 0.6 is 0 Å². The predicted molar refractivity (Wildman–Crippen MR) is 73.2 cm³/mol. The van der Waals surface area contributed by atoms with Crippen LogP contribution in [0, 0.1) is 11.8 Å². The van der Waals surface area contributed by atoms with Crippen LogP contribution in [0.4, 0.5) is 0 Å². The van der Waals surface area contributed by atoms with Gasteiger partial charge in [-0.25, -0.2) is 0 Å². The molecular weight excluding hydrogens is 222 g/mol. The molecule has 2 fully saturated rings. The molecule has 1 N–H and O–H groups in total. The molecule has 98 valence electrons. The molecule has 0 amide bonds. The summed E-state index contributed by atoms with van der Waals surface area (Å²) < 4.78 is 5.18. The largest absolute Gasteiger partial charge is 0.380 e. The van der Waals surface area contributed by atoms with E-state index in [9.17, 15) is 0 Å². The van der Waals surface area contributed by atoms with Gasteiger partial charge in [-0.1, -0.05) is 30.7 Å². The maximum absolute atomic E-state index is 5.18. The van der Waals surface area contributed by atoms with Crippen molar-refractivity contribution in [1.29, 1.82) is 0 Å². The summed E-state index contributed by atoms with van der Waals surface area (Å²) in [5.74, 6) is 1.98. The monoisotopic (exact) mass is 245 g/mol. The molecule has 0 heterocycles. The van der Waals surface area contributed by atoms with E-state index in [4.69, 9.17) is 4.74 Å². The highest BCUT2D eigenvalue weighted by Gasteiger charge is 2.38. The van der Waals surface area contributed by atoms with E-state index >= 15 is 0 Å². The summed E-state index contributed by atoms with van der Waals surface area (Å²) in [5, 5.41) is 3.76. The quantitative estimate of drug-likeness (QED) is 0.860. The van der Waals surface area contributed by atoms with Gasteiger partial charge in [0.15, 0.2) is 0 Å². The molecule has 2 bridgehead atoms. The second-order valence-corrected chi connectivity index (χ2v) is 5.92. The van der Waals surface area contributed by atoms with Gasteiger partial charge in [-0.3, -0.25) is 0 Å². The molecule has 0 radical (unpaired) electrons. The highest BCUT2D eigenvalue weighted by molar-refractivity contribution is 5.23. The molecule has 0 spiro atoms. The molecule has 18 heavy (non-hydrogen) atoms. The van der Waals surface area contributed by atoms with Crippen LogP contribution in [0.5, 0.6) is 0 Å². The lowest BCUT2D eigenvalue weighted by molar-refractivity contribution is 0.185. The molecular formula is C16H23NO. The second-order valence-electron chi connectivity index (χ2n) is 5.92. The van der Waals surface area contributed by atoms with Crippen LogP contribution in [0.25, 0.3) is 0 Å². The average Bonchev–Trinajstić information content (AvgIpc) is 2.99. The minimum atomic E-state index is 0.710. The van der Waals surface area contributed by atoms with Gasteiger partial charge in [-0.2, -0.15) is 0 Å². The fourth-order valence-corrected chi connectivity index (χ4v) is 3.74. The highest BCUT2D eigenvalue weighted by Crippen LogP contribution is 2.44. The van der Waals surface area contributed by atoms with Crippen LogP contribution in [0.15, 0.2) is 24.3 Å². The highest BCUT2D eigenvalue weighted by atomic mass is 16.5. The first-order valence-corrected chi connectivity index (χ1v) is 7.15. The molecule has 3 atom stereocenters. The van der Waals surface area contributed by atoms with Gasteiger partial charge in [-0.15, -0.1) is 0 Å². The van der Waals surface area contributed by atoms with Gasteiger partial charge in [0.05, 0.1) is 6.61 Å². The normalized spacial score (nSPS) is 29.9. The molecule has 2 heteroatoms. The Morgan fingerprint density at radius 3 is 2.83 bits per heavy atom. The van der Waals surface area contributed by atoms with Gasteiger partial charge in [0.25, 0.3) is 0 Å². The molecule has 3 unspecified atom stereocenters. The van der Waals surface area contributed by atoms with Crippen molar-refractivity contribution >= 4 is 0 Å². The van der Waals surface area contributed by atoms with Crippen molar-refractivity contribution in [3.8, 4) is 0 Å². The van der Waals surface area contributed by atoms with Gasteiger partial charge in [-0.05, 0) is 42.2 Å². The van der Waals surface area contributed by atoms with Crippen LogP contribution in [-0.4, -0.2) is 13.2 Å². The Labute approximate surface area is 110 Å². The maximum atomic E-state index is 5.18. The molecule has 1 aromatic carbocycles. The van der Waals surface area contributed by atoms with Crippen LogP contribution in [-0.2, 0) is 17.9 Å². The molecule has 1 aromatic rings. The molecule has 3 rings (SSSR count). The van der Waals surface area contributed by atoms with E-state index in [-0.39, 0.29) is 0 Å². The zero-order valence-corrected chi connectivity index (χ0v) is 11.2. The molecule has 0 aromatic heterocycles. The smallest absolute Gasteiger partial charge is 0.0713 e. The van der Waals surface area contributed by atoms with Crippen LogP contribution < -0.4 is 5.32 Å². The minimum absolute atomic E-state index is 0.710. The predicted octanol–water partition coefficient (Wildman–Crippen LogP) is 3.11.